The van der Waals surface area contributed by atoms with Gasteiger partial charge in [-0.3, -0.25) is 4.98 Å². The summed E-state index contributed by atoms with van der Waals surface area (Å²) in [6.45, 7) is 0.317. The van der Waals surface area contributed by atoms with Gasteiger partial charge in [0.25, 0.3) is 0 Å². The van der Waals surface area contributed by atoms with Crippen molar-refractivity contribution in [3.05, 3.63) is 96.1 Å². The summed E-state index contributed by atoms with van der Waals surface area (Å²) in [7, 11) is -4.03. The SMILES string of the molecule is C#Cc1cccc(Cn2cccc2-c2cc(C(F)(F)F)nc(S(C)(=O)=O)n2)c1.c1ccncc1. The third-order valence-electron chi connectivity index (χ3n) is 4.43. The topological polar surface area (TPSA) is 77.7 Å². The van der Waals surface area contributed by atoms with E-state index in [1.165, 1.54) is 0 Å². The fraction of sp³-hybridized carbons (Fsp3) is 0.125. The van der Waals surface area contributed by atoms with Gasteiger partial charge in [0, 0.05) is 37.0 Å². The zero-order valence-corrected chi connectivity index (χ0v) is 18.8. The third-order valence-corrected chi connectivity index (χ3v) is 5.28. The molecule has 34 heavy (non-hydrogen) atoms. The summed E-state index contributed by atoms with van der Waals surface area (Å²) in [5.41, 5.74) is 0.373. The van der Waals surface area contributed by atoms with Gasteiger partial charge in [0.15, 0.2) is 0 Å². The molecule has 0 aliphatic heterocycles. The van der Waals surface area contributed by atoms with Gasteiger partial charge in [-0.2, -0.15) is 13.2 Å². The summed E-state index contributed by atoms with van der Waals surface area (Å²) >= 11 is 0. The predicted octanol–water partition coefficient (Wildman–Crippen LogP) is 4.48. The number of rotatable bonds is 4. The van der Waals surface area contributed by atoms with Gasteiger partial charge in [-0.25, -0.2) is 18.4 Å². The second-order valence-electron chi connectivity index (χ2n) is 7.08. The van der Waals surface area contributed by atoms with Crippen LogP contribution in [0.4, 0.5) is 13.2 Å². The molecule has 6 nitrogen and oxygen atoms in total. The van der Waals surface area contributed by atoms with Crippen LogP contribution in [0.5, 0.6) is 0 Å². The first-order chi connectivity index (χ1) is 16.1. The lowest BCUT2D eigenvalue weighted by Gasteiger charge is -2.12. The van der Waals surface area contributed by atoms with Crippen molar-refractivity contribution >= 4 is 9.84 Å². The molecular formula is C24H19F3N4O2S. The molecule has 4 aromatic rings. The first-order valence-electron chi connectivity index (χ1n) is 9.80. The zero-order chi connectivity index (χ0) is 24.8. The first kappa shape index (κ1) is 24.7. The maximum atomic E-state index is 13.2. The number of terminal acetylenes is 1. The number of halogens is 3. The lowest BCUT2D eigenvalue weighted by Crippen LogP contribution is -2.14. The molecule has 0 saturated heterocycles. The highest BCUT2D eigenvalue weighted by atomic mass is 32.2. The number of aromatic nitrogens is 4. The Kier molecular flexibility index (Phi) is 7.48. The number of benzene rings is 1. The van der Waals surface area contributed by atoms with Gasteiger partial charge < -0.3 is 4.57 Å². The Hall–Kier alpha value is -3.97. The van der Waals surface area contributed by atoms with E-state index in [9.17, 15) is 21.6 Å². The van der Waals surface area contributed by atoms with Crippen LogP contribution in [0, 0.1) is 12.3 Å². The summed E-state index contributed by atoms with van der Waals surface area (Å²) in [4.78, 5) is 10.8. The van der Waals surface area contributed by atoms with E-state index in [4.69, 9.17) is 6.42 Å². The van der Waals surface area contributed by atoms with Crippen LogP contribution in [0.1, 0.15) is 16.8 Å². The van der Waals surface area contributed by atoms with Gasteiger partial charge >= 0.3 is 6.18 Å². The average molecular weight is 485 g/mol. The van der Waals surface area contributed by atoms with Crippen LogP contribution in [0.25, 0.3) is 11.4 Å². The summed E-state index contributed by atoms with van der Waals surface area (Å²) in [5.74, 6) is 2.52. The van der Waals surface area contributed by atoms with Gasteiger partial charge in [0.2, 0.25) is 15.0 Å². The third kappa shape index (κ3) is 6.52. The van der Waals surface area contributed by atoms with Gasteiger partial charge in [-0.05, 0) is 48.0 Å². The monoisotopic (exact) mass is 484 g/mol. The molecule has 4 rings (SSSR count). The minimum absolute atomic E-state index is 0.138. The maximum absolute atomic E-state index is 13.2. The predicted molar refractivity (Wildman–Crippen MR) is 121 cm³/mol. The van der Waals surface area contributed by atoms with Crippen molar-refractivity contribution in [3.8, 4) is 23.7 Å². The second kappa shape index (κ2) is 10.3. The number of alkyl halides is 3. The normalized spacial score (nSPS) is 11.3. The highest BCUT2D eigenvalue weighted by molar-refractivity contribution is 7.90. The molecule has 0 saturated carbocycles. The molecule has 0 bridgehead atoms. The fourth-order valence-corrected chi connectivity index (χ4v) is 3.45. The van der Waals surface area contributed by atoms with E-state index in [1.807, 2.05) is 24.3 Å². The fourth-order valence-electron chi connectivity index (χ4n) is 2.92. The molecule has 0 amide bonds. The number of hydrogen-bond donors (Lipinski definition) is 0. The molecule has 0 unspecified atom stereocenters. The number of hydrogen-bond acceptors (Lipinski definition) is 5. The summed E-state index contributed by atoms with van der Waals surface area (Å²) in [6, 6.07) is 16.8. The first-order valence-corrected chi connectivity index (χ1v) is 11.7. The van der Waals surface area contributed by atoms with E-state index in [1.54, 1.807) is 53.5 Å². The lowest BCUT2D eigenvalue weighted by molar-refractivity contribution is -0.141. The summed E-state index contributed by atoms with van der Waals surface area (Å²) in [6.07, 6.45) is 6.50. The largest absolute Gasteiger partial charge is 0.433 e. The Balaban J connectivity index is 0.000000469. The van der Waals surface area contributed by atoms with Crippen molar-refractivity contribution in [2.24, 2.45) is 0 Å². The summed E-state index contributed by atoms with van der Waals surface area (Å²) < 4.78 is 64.8. The van der Waals surface area contributed by atoms with Crippen molar-refractivity contribution in [2.45, 2.75) is 17.9 Å². The van der Waals surface area contributed by atoms with E-state index in [0.29, 0.717) is 17.8 Å². The molecule has 174 valence electrons. The molecule has 3 aromatic heterocycles. The van der Waals surface area contributed by atoms with Crippen molar-refractivity contribution in [2.75, 3.05) is 6.26 Å². The molecule has 3 heterocycles. The molecule has 1 aromatic carbocycles. The van der Waals surface area contributed by atoms with E-state index >= 15 is 0 Å². The minimum Gasteiger partial charge on any atom is -0.342 e. The zero-order valence-electron chi connectivity index (χ0n) is 17.9. The average Bonchev–Trinajstić information content (AvgIpc) is 3.27. The number of nitrogens with zero attached hydrogens (tertiary/aromatic N) is 4. The van der Waals surface area contributed by atoms with E-state index < -0.39 is 26.9 Å². The van der Waals surface area contributed by atoms with Gasteiger partial charge in [-0.1, -0.05) is 24.1 Å². The number of pyridine rings is 1. The molecule has 0 fully saturated rings. The molecule has 0 radical (unpaired) electrons. The Morgan fingerprint density at radius 1 is 1.00 bits per heavy atom. The van der Waals surface area contributed by atoms with Gasteiger partial charge in [-0.15, -0.1) is 6.42 Å². The Labute approximate surface area is 195 Å². The Morgan fingerprint density at radius 3 is 2.29 bits per heavy atom. The van der Waals surface area contributed by atoms with Crippen LogP contribution in [-0.4, -0.2) is 34.2 Å². The number of sulfone groups is 1. The molecule has 0 aliphatic carbocycles. The Morgan fingerprint density at radius 2 is 1.74 bits per heavy atom. The van der Waals surface area contributed by atoms with Crippen molar-refractivity contribution in [1.29, 1.82) is 0 Å². The molecule has 0 N–H and O–H groups in total. The van der Waals surface area contributed by atoms with Crippen molar-refractivity contribution in [1.82, 2.24) is 19.5 Å². The molecule has 10 heteroatoms. The van der Waals surface area contributed by atoms with Gasteiger partial charge in [0.1, 0.15) is 5.69 Å². The quantitative estimate of drug-likeness (QED) is 0.315. The van der Waals surface area contributed by atoms with Crippen LogP contribution in [0.3, 0.4) is 0 Å². The minimum atomic E-state index is -4.81. The second-order valence-corrected chi connectivity index (χ2v) is 8.99. The molecule has 0 spiro atoms. The van der Waals surface area contributed by atoms with E-state index in [0.717, 1.165) is 17.9 Å². The standard InChI is InChI=1S/C19H14F3N3O2S.C5H5N/c1-3-13-6-4-7-14(10-13)12-25-9-5-8-16(25)15-11-17(19(20,21)22)24-18(23-15)28(2,26)27;1-2-4-6-5-3-1/h1,4-11H,12H2,2H3;1-5H. The Bertz CT molecular complexity index is 1380. The van der Waals surface area contributed by atoms with Crippen LogP contribution in [-0.2, 0) is 22.6 Å². The highest BCUT2D eigenvalue weighted by Gasteiger charge is 2.35. The van der Waals surface area contributed by atoms with E-state index in [-0.39, 0.29) is 5.69 Å². The molecule has 0 atom stereocenters. The maximum Gasteiger partial charge on any atom is 0.433 e. The molecular weight excluding hydrogens is 465 g/mol. The van der Waals surface area contributed by atoms with Crippen molar-refractivity contribution < 1.29 is 21.6 Å². The van der Waals surface area contributed by atoms with E-state index in [2.05, 4.69) is 20.9 Å². The van der Waals surface area contributed by atoms with Crippen LogP contribution in [0.15, 0.2) is 84.4 Å². The van der Waals surface area contributed by atoms with Crippen molar-refractivity contribution in [3.63, 3.8) is 0 Å². The van der Waals surface area contributed by atoms with Crippen LogP contribution < -0.4 is 0 Å². The lowest BCUT2D eigenvalue weighted by atomic mass is 10.1. The van der Waals surface area contributed by atoms with Gasteiger partial charge in [0.05, 0.1) is 11.4 Å². The van der Waals surface area contributed by atoms with Crippen LogP contribution in [0.2, 0.25) is 0 Å². The highest BCUT2D eigenvalue weighted by Crippen LogP contribution is 2.31. The molecule has 0 aliphatic rings. The summed E-state index contributed by atoms with van der Waals surface area (Å²) in [5, 5.41) is -0.876. The smallest absolute Gasteiger partial charge is 0.342 e. The van der Waals surface area contributed by atoms with Crippen LogP contribution >= 0.6 is 0 Å².